The summed E-state index contributed by atoms with van der Waals surface area (Å²) in [7, 11) is 0. The lowest BCUT2D eigenvalue weighted by Crippen LogP contribution is -2.14. The lowest BCUT2D eigenvalue weighted by atomic mass is 9.80. The molecular formula is C32H31F. The zero-order valence-corrected chi connectivity index (χ0v) is 19.8. The maximum absolute atomic E-state index is 14.6. The van der Waals surface area contributed by atoms with Crippen molar-refractivity contribution in [3.8, 4) is 23.7 Å². The van der Waals surface area contributed by atoms with Crippen molar-refractivity contribution in [2.45, 2.75) is 52.9 Å². The van der Waals surface area contributed by atoms with Crippen molar-refractivity contribution in [3.63, 3.8) is 0 Å². The molecule has 0 bridgehead atoms. The van der Waals surface area contributed by atoms with Crippen LogP contribution in [0.5, 0.6) is 0 Å². The van der Waals surface area contributed by atoms with Crippen molar-refractivity contribution in [3.05, 3.63) is 105 Å². The molecule has 3 aromatic carbocycles. The number of hydrogen-bond donors (Lipinski definition) is 0. The van der Waals surface area contributed by atoms with Crippen molar-refractivity contribution in [2.24, 2.45) is 11.8 Å². The van der Waals surface area contributed by atoms with Crippen LogP contribution in [-0.4, -0.2) is 0 Å². The van der Waals surface area contributed by atoms with Crippen molar-refractivity contribution < 1.29 is 4.39 Å². The summed E-state index contributed by atoms with van der Waals surface area (Å²) in [6, 6.07) is 19.5. The summed E-state index contributed by atoms with van der Waals surface area (Å²) in [6.45, 7) is 6.51. The highest BCUT2D eigenvalue weighted by Gasteiger charge is 2.18. The second-order valence-electron chi connectivity index (χ2n) is 9.54. The van der Waals surface area contributed by atoms with Crippen LogP contribution in [0.3, 0.4) is 0 Å². The van der Waals surface area contributed by atoms with E-state index in [1.54, 1.807) is 6.07 Å². The van der Waals surface area contributed by atoms with E-state index in [4.69, 9.17) is 0 Å². The van der Waals surface area contributed by atoms with Gasteiger partial charge in [-0.05, 0) is 92.5 Å². The summed E-state index contributed by atoms with van der Waals surface area (Å²) in [5.41, 5.74) is 6.69. The maximum Gasteiger partial charge on any atom is 0.140 e. The van der Waals surface area contributed by atoms with Crippen molar-refractivity contribution >= 4 is 0 Å². The van der Waals surface area contributed by atoms with Gasteiger partial charge in [-0.3, -0.25) is 0 Å². The summed E-state index contributed by atoms with van der Waals surface area (Å²) >= 11 is 0. The van der Waals surface area contributed by atoms with Gasteiger partial charge in [-0.25, -0.2) is 4.39 Å². The predicted molar refractivity (Wildman–Crippen MR) is 136 cm³/mol. The molecule has 4 rings (SSSR count). The first kappa shape index (κ1) is 22.9. The summed E-state index contributed by atoms with van der Waals surface area (Å²) in [6.07, 6.45) is 6.58. The fraction of sp³-hybridized carbons (Fsp3) is 0.312. The molecule has 1 heteroatoms. The number of rotatable bonds is 2. The number of benzene rings is 3. The van der Waals surface area contributed by atoms with E-state index in [2.05, 4.69) is 55.7 Å². The molecule has 0 N–H and O–H groups in total. The zero-order valence-electron chi connectivity index (χ0n) is 19.8. The smallest absolute Gasteiger partial charge is 0.140 e. The predicted octanol–water partition coefficient (Wildman–Crippen LogP) is 7.61. The molecule has 0 radical (unpaired) electrons. The van der Waals surface area contributed by atoms with E-state index in [9.17, 15) is 4.39 Å². The molecule has 0 atom stereocenters. The van der Waals surface area contributed by atoms with Gasteiger partial charge in [-0.15, -0.1) is 0 Å². The highest BCUT2D eigenvalue weighted by Crippen LogP contribution is 2.30. The normalized spacial score (nSPS) is 17.5. The van der Waals surface area contributed by atoms with Crippen LogP contribution in [0.2, 0.25) is 0 Å². The van der Waals surface area contributed by atoms with Crippen LogP contribution < -0.4 is 0 Å². The largest absolute Gasteiger partial charge is 0.206 e. The molecule has 0 unspecified atom stereocenters. The second kappa shape index (κ2) is 10.6. The van der Waals surface area contributed by atoms with Crippen LogP contribution in [0.15, 0.2) is 60.7 Å². The third-order valence-electron chi connectivity index (χ3n) is 6.65. The molecule has 0 aromatic heterocycles. The van der Waals surface area contributed by atoms with Crippen LogP contribution in [0.4, 0.5) is 4.39 Å². The summed E-state index contributed by atoms with van der Waals surface area (Å²) in [4.78, 5) is 0. The van der Waals surface area contributed by atoms with Crippen molar-refractivity contribution in [1.82, 2.24) is 0 Å². The molecular weight excluding hydrogens is 403 g/mol. The van der Waals surface area contributed by atoms with Gasteiger partial charge in [0.05, 0.1) is 5.56 Å². The highest BCUT2D eigenvalue weighted by molar-refractivity contribution is 5.50. The molecule has 0 aliphatic heterocycles. The lowest BCUT2D eigenvalue weighted by molar-refractivity contribution is 0.289. The molecule has 166 valence electrons. The molecule has 3 aromatic rings. The Morgan fingerprint density at radius 2 is 1.36 bits per heavy atom. The Balaban J connectivity index is 1.43. The van der Waals surface area contributed by atoms with Gasteiger partial charge in [-0.2, -0.15) is 0 Å². The number of hydrogen-bond acceptors (Lipinski definition) is 0. The average Bonchev–Trinajstić information content (AvgIpc) is 2.80. The molecule has 1 fully saturated rings. The topological polar surface area (TPSA) is 0 Å². The Kier molecular flexibility index (Phi) is 7.32. The van der Waals surface area contributed by atoms with Gasteiger partial charge in [0.1, 0.15) is 5.82 Å². The minimum atomic E-state index is -0.338. The van der Waals surface area contributed by atoms with E-state index < -0.39 is 0 Å². The lowest BCUT2D eigenvalue weighted by Gasteiger charge is -2.26. The van der Waals surface area contributed by atoms with Gasteiger partial charge < -0.3 is 0 Å². The van der Waals surface area contributed by atoms with Crippen LogP contribution in [0, 0.1) is 55.2 Å². The minimum Gasteiger partial charge on any atom is -0.206 e. The average molecular weight is 435 g/mol. The minimum absolute atomic E-state index is 0.338. The first-order valence-electron chi connectivity index (χ1n) is 12.0. The molecule has 1 saturated carbocycles. The first-order valence-corrected chi connectivity index (χ1v) is 12.0. The molecule has 0 nitrogen and oxygen atoms in total. The fourth-order valence-electron chi connectivity index (χ4n) is 4.47. The van der Waals surface area contributed by atoms with Crippen molar-refractivity contribution in [2.75, 3.05) is 0 Å². The van der Waals surface area contributed by atoms with Crippen LogP contribution >= 0.6 is 0 Å². The summed E-state index contributed by atoms with van der Waals surface area (Å²) < 4.78 is 14.6. The Morgan fingerprint density at radius 3 is 2.06 bits per heavy atom. The fourth-order valence-corrected chi connectivity index (χ4v) is 4.47. The summed E-state index contributed by atoms with van der Waals surface area (Å²) in [5, 5.41) is 0. The number of halogens is 1. The molecule has 1 aliphatic carbocycles. The second-order valence-corrected chi connectivity index (χ2v) is 9.54. The van der Waals surface area contributed by atoms with E-state index in [1.807, 2.05) is 37.3 Å². The van der Waals surface area contributed by atoms with E-state index >= 15 is 0 Å². The molecule has 0 amide bonds. The third kappa shape index (κ3) is 6.37. The van der Waals surface area contributed by atoms with Gasteiger partial charge in [0.15, 0.2) is 0 Å². The highest BCUT2D eigenvalue weighted by atomic mass is 19.1. The first-order chi connectivity index (χ1) is 16.0. The monoisotopic (exact) mass is 434 g/mol. The van der Waals surface area contributed by atoms with Crippen LogP contribution in [0.1, 0.15) is 71.6 Å². The van der Waals surface area contributed by atoms with Gasteiger partial charge in [0, 0.05) is 16.7 Å². The van der Waals surface area contributed by atoms with Crippen molar-refractivity contribution in [1.29, 1.82) is 0 Å². The Morgan fingerprint density at radius 1 is 0.727 bits per heavy atom. The van der Waals surface area contributed by atoms with E-state index in [0.717, 1.165) is 29.4 Å². The standard InChI is InChI=1S/C32H31F/c1-23-4-8-26(9-5-23)12-18-31-19-14-28(22-32(31)33)13-16-30-17-15-29(20-25(30)3)21-27-10-6-24(2)7-11-27/h4-5,8-9,14-15,17,19-20,22,24,27H,6-7,10-11,21H2,1-3H3. The van der Waals surface area contributed by atoms with E-state index in [0.29, 0.717) is 11.1 Å². The van der Waals surface area contributed by atoms with Gasteiger partial charge in [-0.1, -0.05) is 73.3 Å². The SMILES string of the molecule is Cc1ccc(C#Cc2ccc(C#Cc3ccc(CC4CCC(C)CC4)cc3C)cc2F)cc1. The van der Waals surface area contributed by atoms with E-state index in [1.165, 1.54) is 48.4 Å². The Bertz CT molecular complexity index is 1230. The number of aryl methyl sites for hydroxylation is 2. The third-order valence-corrected chi connectivity index (χ3v) is 6.65. The molecule has 1 aliphatic rings. The molecule has 0 spiro atoms. The zero-order chi connectivity index (χ0) is 23.2. The Labute approximate surface area is 198 Å². The summed E-state index contributed by atoms with van der Waals surface area (Å²) in [5.74, 6) is 13.7. The van der Waals surface area contributed by atoms with Gasteiger partial charge >= 0.3 is 0 Å². The van der Waals surface area contributed by atoms with Gasteiger partial charge in [0.25, 0.3) is 0 Å². The quantitative estimate of drug-likeness (QED) is 0.364. The molecule has 0 saturated heterocycles. The molecule has 0 heterocycles. The maximum atomic E-state index is 14.6. The van der Waals surface area contributed by atoms with Gasteiger partial charge in [0.2, 0.25) is 0 Å². The van der Waals surface area contributed by atoms with E-state index in [-0.39, 0.29) is 5.82 Å². The van der Waals surface area contributed by atoms with Crippen LogP contribution in [-0.2, 0) is 6.42 Å². The molecule has 33 heavy (non-hydrogen) atoms. The van der Waals surface area contributed by atoms with Crippen LogP contribution in [0.25, 0.3) is 0 Å². The Hall–Kier alpha value is -3.29.